The molecule has 2 unspecified atom stereocenters. The predicted molar refractivity (Wildman–Crippen MR) is 155 cm³/mol. The smallest absolute Gasteiger partial charge is 0.335 e. The van der Waals surface area contributed by atoms with Crippen molar-refractivity contribution in [1.29, 1.82) is 0 Å². The van der Waals surface area contributed by atoms with Crippen molar-refractivity contribution in [3.63, 3.8) is 0 Å². The largest absolute Gasteiger partial charge is 0.478 e. The molecule has 4 aromatic rings. The number of nitrogens with one attached hydrogen (secondary N) is 2. The summed E-state index contributed by atoms with van der Waals surface area (Å²) in [5.74, 6) is -0.243. The summed E-state index contributed by atoms with van der Waals surface area (Å²) >= 11 is 0. The predicted octanol–water partition coefficient (Wildman–Crippen LogP) is 4.30. The molecule has 0 saturated carbocycles. The third kappa shape index (κ3) is 7.65. The SMILES string of the molecule is Cc1ccc(C)n1-c1ccc(C(O)CNC(C)Cc2cccc(CC(=O)NCc3ccc(C(=O)O)cc3)c2)cn1. The zero-order valence-corrected chi connectivity index (χ0v) is 23.1. The number of pyridine rings is 1. The summed E-state index contributed by atoms with van der Waals surface area (Å²) in [4.78, 5) is 28.0. The summed E-state index contributed by atoms with van der Waals surface area (Å²) in [5, 5.41) is 26.0. The summed E-state index contributed by atoms with van der Waals surface area (Å²) in [6.45, 7) is 6.89. The molecule has 0 spiro atoms. The number of amides is 1. The normalized spacial score (nSPS) is 12.6. The highest BCUT2D eigenvalue weighted by Gasteiger charge is 2.13. The average Bonchev–Trinajstić information content (AvgIpc) is 3.28. The zero-order valence-electron chi connectivity index (χ0n) is 23.1. The first-order valence-electron chi connectivity index (χ1n) is 13.4. The van der Waals surface area contributed by atoms with E-state index in [4.69, 9.17) is 5.11 Å². The summed E-state index contributed by atoms with van der Waals surface area (Å²) in [6.07, 6.45) is 2.06. The molecule has 0 aliphatic carbocycles. The van der Waals surface area contributed by atoms with Gasteiger partial charge in [0.1, 0.15) is 5.82 Å². The van der Waals surface area contributed by atoms with E-state index in [0.717, 1.165) is 45.9 Å². The molecule has 2 aromatic heterocycles. The monoisotopic (exact) mass is 540 g/mol. The van der Waals surface area contributed by atoms with Gasteiger partial charge in [0.15, 0.2) is 0 Å². The summed E-state index contributed by atoms with van der Waals surface area (Å²) in [5.41, 5.74) is 6.07. The van der Waals surface area contributed by atoms with Crippen LogP contribution in [-0.2, 0) is 24.2 Å². The second-order valence-corrected chi connectivity index (χ2v) is 10.2. The van der Waals surface area contributed by atoms with Gasteiger partial charge in [-0.15, -0.1) is 0 Å². The standard InChI is InChI=1S/C32H36N4O4/c1-21(33-20-29(37)28-13-14-30(34-19-28)36-22(2)7-8-23(36)3)15-25-5-4-6-26(16-25)17-31(38)35-18-24-9-11-27(12-10-24)32(39)40/h4-14,16,19,21,29,33,37H,15,17-18,20H2,1-3H3,(H,35,38)(H,39,40). The number of hydrogen-bond acceptors (Lipinski definition) is 5. The molecule has 2 aromatic carbocycles. The van der Waals surface area contributed by atoms with E-state index in [2.05, 4.69) is 39.2 Å². The Hall–Kier alpha value is -4.27. The van der Waals surface area contributed by atoms with E-state index in [1.54, 1.807) is 18.3 Å². The minimum atomic E-state index is -0.975. The Kier molecular flexibility index (Phi) is 9.47. The van der Waals surface area contributed by atoms with Crippen molar-refractivity contribution in [2.75, 3.05) is 6.54 Å². The van der Waals surface area contributed by atoms with Crippen LogP contribution in [0.1, 0.15) is 57.0 Å². The second-order valence-electron chi connectivity index (χ2n) is 10.2. The number of aliphatic hydroxyl groups excluding tert-OH is 1. The van der Waals surface area contributed by atoms with E-state index >= 15 is 0 Å². The van der Waals surface area contributed by atoms with E-state index < -0.39 is 12.1 Å². The fourth-order valence-corrected chi connectivity index (χ4v) is 4.69. The Morgan fingerprint density at radius 2 is 1.62 bits per heavy atom. The maximum atomic E-state index is 12.5. The maximum Gasteiger partial charge on any atom is 0.335 e. The number of aromatic carboxylic acids is 1. The van der Waals surface area contributed by atoms with Crippen LogP contribution in [-0.4, -0.2) is 44.2 Å². The number of aromatic nitrogens is 2. The number of aryl methyl sites for hydroxylation is 2. The number of nitrogens with zero attached hydrogens (tertiary/aromatic N) is 2. The Bertz CT molecular complexity index is 1430. The van der Waals surface area contributed by atoms with Crippen LogP contribution in [0.3, 0.4) is 0 Å². The fraction of sp³-hybridized carbons (Fsp3) is 0.281. The van der Waals surface area contributed by atoms with Gasteiger partial charge in [0, 0.05) is 42.3 Å². The summed E-state index contributed by atoms with van der Waals surface area (Å²) < 4.78 is 2.08. The number of carboxylic acid groups (broad SMARTS) is 1. The van der Waals surface area contributed by atoms with Crippen molar-refractivity contribution < 1.29 is 19.8 Å². The van der Waals surface area contributed by atoms with Gasteiger partial charge in [0.2, 0.25) is 5.91 Å². The van der Waals surface area contributed by atoms with Gasteiger partial charge in [0.05, 0.1) is 18.1 Å². The molecule has 2 atom stereocenters. The number of carboxylic acids is 1. The number of rotatable bonds is 12. The molecule has 8 nitrogen and oxygen atoms in total. The van der Waals surface area contributed by atoms with E-state index in [1.807, 2.05) is 50.2 Å². The third-order valence-corrected chi connectivity index (χ3v) is 6.90. The van der Waals surface area contributed by atoms with Crippen molar-refractivity contribution in [3.05, 3.63) is 118 Å². The molecular weight excluding hydrogens is 504 g/mol. The molecule has 0 aliphatic rings. The molecule has 1 amide bonds. The van der Waals surface area contributed by atoms with Crippen molar-refractivity contribution in [1.82, 2.24) is 20.2 Å². The maximum absolute atomic E-state index is 12.5. The van der Waals surface area contributed by atoms with Gasteiger partial charge in [-0.3, -0.25) is 4.79 Å². The highest BCUT2D eigenvalue weighted by atomic mass is 16.4. The summed E-state index contributed by atoms with van der Waals surface area (Å²) in [7, 11) is 0. The molecule has 0 saturated heterocycles. The topological polar surface area (TPSA) is 116 Å². The lowest BCUT2D eigenvalue weighted by molar-refractivity contribution is -0.120. The van der Waals surface area contributed by atoms with E-state index in [1.165, 1.54) is 12.1 Å². The molecule has 0 bridgehead atoms. The van der Waals surface area contributed by atoms with E-state index in [-0.39, 0.29) is 23.9 Å². The van der Waals surface area contributed by atoms with Crippen LogP contribution in [0.5, 0.6) is 0 Å². The minimum absolute atomic E-state index is 0.101. The van der Waals surface area contributed by atoms with Crippen LogP contribution in [0.25, 0.3) is 5.82 Å². The first-order valence-corrected chi connectivity index (χ1v) is 13.4. The van der Waals surface area contributed by atoms with Crippen LogP contribution in [0.15, 0.2) is 79.0 Å². The molecule has 4 N–H and O–H groups in total. The molecule has 8 heteroatoms. The van der Waals surface area contributed by atoms with Gasteiger partial charge in [-0.25, -0.2) is 9.78 Å². The van der Waals surface area contributed by atoms with E-state index in [0.29, 0.717) is 13.1 Å². The highest BCUT2D eigenvalue weighted by Crippen LogP contribution is 2.18. The van der Waals surface area contributed by atoms with Gasteiger partial charge >= 0.3 is 5.97 Å². The number of benzene rings is 2. The molecule has 4 rings (SSSR count). The van der Waals surface area contributed by atoms with Crippen LogP contribution in [0, 0.1) is 13.8 Å². The van der Waals surface area contributed by atoms with Gasteiger partial charge in [0.25, 0.3) is 0 Å². The van der Waals surface area contributed by atoms with Gasteiger partial charge < -0.3 is 25.4 Å². The zero-order chi connectivity index (χ0) is 28.6. The van der Waals surface area contributed by atoms with Crippen molar-refractivity contribution in [3.8, 4) is 5.82 Å². The van der Waals surface area contributed by atoms with Gasteiger partial charge in [-0.2, -0.15) is 0 Å². The molecule has 0 radical (unpaired) electrons. The minimum Gasteiger partial charge on any atom is -0.478 e. The number of aliphatic hydroxyl groups is 1. The third-order valence-electron chi connectivity index (χ3n) is 6.90. The van der Waals surface area contributed by atoms with Gasteiger partial charge in [-0.1, -0.05) is 42.5 Å². The molecule has 208 valence electrons. The first kappa shape index (κ1) is 28.7. The van der Waals surface area contributed by atoms with Crippen molar-refractivity contribution in [2.45, 2.75) is 52.3 Å². The van der Waals surface area contributed by atoms with Crippen LogP contribution in [0.2, 0.25) is 0 Å². The summed E-state index contributed by atoms with van der Waals surface area (Å²) in [6, 6.07) is 22.5. The second kappa shape index (κ2) is 13.2. The molecular formula is C32H36N4O4. The molecule has 40 heavy (non-hydrogen) atoms. The Balaban J connectivity index is 1.24. The Morgan fingerprint density at radius 1 is 0.925 bits per heavy atom. The highest BCUT2D eigenvalue weighted by molar-refractivity contribution is 5.87. The quantitative estimate of drug-likeness (QED) is 0.213. The van der Waals surface area contributed by atoms with E-state index in [9.17, 15) is 14.7 Å². The van der Waals surface area contributed by atoms with Crippen molar-refractivity contribution in [2.24, 2.45) is 0 Å². The van der Waals surface area contributed by atoms with Crippen molar-refractivity contribution >= 4 is 11.9 Å². The lowest BCUT2D eigenvalue weighted by Gasteiger charge is -2.18. The molecule has 2 heterocycles. The number of hydrogen-bond donors (Lipinski definition) is 4. The Labute approximate surface area is 234 Å². The first-order chi connectivity index (χ1) is 19.2. The molecule has 0 aliphatic heterocycles. The van der Waals surface area contributed by atoms with Gasteiger partial charge in [-0.05, 0) is 74.2 Å². The fourth-order valence-electron chi connectivity index (χ4n) is 4.69. The Morgan fingerprint density at radius 3 is 2.27 bits per heavy atom. The van der Waals surface area contributed by atoms with Crippen LogP contribution in [0.4, 0.5) is 0 Å². The lowest BCUT2D eigenvalue weighted by Crippen LogP contribution is -2.32. The van der Waals surface area contributed by atoms with Crippen LogP contribution >= 0.6 is 0 Å². The van der Waals surface area contributed by atoms with Crippen LogP contribution < -0.4 is 10.6 Å². The lowest BCUT2D eigenvalue weighted by atomic mass is 10.0. The molecule has 0 fully saturated rings. The number of carbonyl (C=O) groups excluding carboxylic acids is 1. The average molecular weight is 541 g/mol. The number of carbonyl (C=O) groups is 2.